The van der Waals surface area contributed by atoms with E-state index in [1.165, 1.54) is 32.6 Å². The van der Waals surface area contributed by atoms with Gasteiger partial charge in [-0.05, 0) is 43.8 Å². The van der Waals surface area contributed by atoms with Gasteiger partial charge in [-0.2, -0.15) is 0 Å². The molecular formula is C13H28N2. The van der Waals surface area contributed by atoms with E-state index in [1.54, 1.807) is 0 Å². The Labute approximate surface area is 95.4 Å². The van der Waals surface area contributed by atoms with Crippen LogP contribution in [-0.4, -0.2) is 37.6 Å². The minimum atomic E-state index is 0.768. The lowest BCUT2D eigenvalue weighted by Crippen LogP contribution is -2.33. The first-order valence-corrected chi connectivity index (χ1v) is 6.51. The molecular weight excluding hydrogens is 184 g/mol. The van der Waals surface area contributed by atoms with E-state index < -0.39 is 0 Å². The molecule has 2 heteroatoms. The quantitative estimate of drug-likeness (QED) is 0.726. The van der Waals surface area contributed by atoms with Gasteiger partial charge in [-0.15, -0.1) is 0 Å². The Hall–Kier alpha value is -0.0800. The van der Waals surface area contributed by atoms with Crippen molar-refractivity contribution < 1.29 is 0 Å². The number of hydrogen-bond acceptors (Lipinski definition) is 2. The van der Waals surface area contributed by atoms with Gasteiger partial charge in [0.2, 0.25) is 0 Å². The molecule has 1 N–H and O–H groups in total. The Balaban J connectivity index is 2.05. The Morgan fingerprint density at radius 2 is 2.00 bits per heavy atom. The van der Waals surface area contributed by atoms with E-state index >= 15 is 0 Å². The molecule has 2 unspecified atom stereocenters. The highest BCUT2D eigenvalue weighted by molar-refractivity contribution is 4.74. The molecule has 0 aliphatic carbocycles. The molecule has 1 heterocycles. The van der Waals surface area contributed by atoms with Crippen LogP contribution in [0.1, 0.15) is 34.1 Å². The molecule has 1 rings (SSSR count). The molecule has 0 spiro atoms. The number of hydrogen-bond donors (Lipinski definition) is 1. The van der Waals surface area contributed by atoms with E-state index in [-0.39, 0.29) is 0 Å². The highest BCUT2D eigenvalue weighted by atomic mass is 15.1. The predicted octanol–water partition coefficient (Wildman–Crippen LogP) is 2.21. The van der Waals surface area contributed by atoms with Crippen LogP contribution in [0.5, 0.6) is 0 Å². The van der Waals surface area contributed by atoms with Crippen molar-refractivity contribution in [2.75, 3.05) is 32.7 Å². The van der Waals surface area contributed by atoms with Gasteiger partial charge < -0.3 is 10.2 Å². The second kappa shape index (κ2) is 6.49. The number of nitrogens with one attached hydrogen (secondary N) is 1. The van der Waals surface area contributed by atoms with E-state index in [4.69, 9.17) is 0 Å². The number of likely N-dealkylation sites (tertiary alicyclic amines) is 1. The summed E-state index contributed by atoms with van der Waals surface area (Å²) in [6.07, 6.45) is 1.39. The van der Waals surface area contributed by atoms with Crippen molar-refractivity contribution in [3.8, 4) is 0 Å². The molecule has 90 valence electrons. The minimum absolute atomic E-state index is 0.768. The van der Waals surface area contributed by atoms with Crippen LogP contribution >= 0.6 is 0 Å². The fraction of sp³-hybridized carbons (Fsp3) is 1.00. The average Bonchev–Trinajstić information content (AvgIpc) is 2.50. The first-order chi connectivity index (χ1) is 7.08. The van der Waals surface area contributed by atoms with Gasteiger partial charge in [0, 0.05) is 13.1 Å². The molecule has 1 saturated heterocycles. The third-order valence-corrected chi connectivity index (χ3v) is 3.12. The molecule has 1 aliphatic rings. The molecule has 2 atom stereocenters. The molecule has 0 bridgehead atoms. The van der Waals surface area contributed by atoms with Gasteiger partial charge in [0.15, 0.2) is 0 Å². The summed E-state index contributed by atoms with van der Waals surface area (Å²) in [5.74, 6) is 2.47. The lowest BCUT2D eigenvalue weighted by atomic mass is 10.1. The summed E-state index contributed by atoms with van der Waals surface area (Å²) in [5.41, 5.74) is 0. The lowest BCUT2D eigenvalue weighted by Gasteiger charge is -2.21. The van der Waals surface area contributed by atoms with Crippen molar-refractivity contribution in [1.82, 2.24) is 10.2 Å². The highest BCUT2D eigenvalue weighted by Crippen LogP contribution is 2.15. The number of nitrogens with zero attached hydrogens (tertiary/aromatic N) is 1. The maximum absolute atomic E-state index is 3.54. The molecule has 2 nitrogen and oxygen atoms in total. The maximum atomic E-state index is 3.54. The Kier molecular flexibility index (Phi) is 5.62. The summed E-state index contributed by atoms with van der Waals surface area (Å²) in [6, 6.07) is 0. The average molecular weight is 212 g/mol. The van der Waals surface area contributed by atoms with E-state index in [0.717, 1.165) is 24.3 Å². The topological polar surface area (TPSA) is 15.3 Å². The van der Waals surface area contributed by atoms with Crippen molar-refractivity contribution in [3.05, 3.63) is 0 Å². The van der Waals surface area contributed by atoms with Crippen LogP contribution in [0.4, 0.5) is 0 Å². The van der Waals surface area contributed by atoms with Gasteiger partial charge in [-0.1, -0.05) is 27.7 Å². The van der Waals surface area contributed by atoms with Gasteiger partial charge >= 0.3 is 0 Å². The zero-order valence-electron chi connectivity index (χ0n) is 10.9. The first-order valence-electron chi connectivity index (χ1n) is 6.51. The monoisotopic (exact) mass is 212 g/mol. The van der Waals surface area contributed by atoms with Gasteiger partial charge in [-0.3, -0.25) is 0 Å². The van der Waals surface area contributed by atoms with Crippen LogP contribution in [0.3, 0.4) is 0 Å². The summed E-state index contributed by atoms with van der Waals surface area (Å²) >= 11 is 0. The predicted molar refractivity (Wildman–Crippen MR) is 67.1 cm³/mol. The van der Waals surface area contributed by atoms with Crippen molar-refractivity contribution in [1.29, 1.82) is 0 Å². The van der Waals surface area contributed by atoms with Crippen molar-refractivity contribution in [3.63, 3.8) is 0 Å². The van der Waals surface area contributed by atoms with Crippen LogP contribution in [-0.2, 0) is 0 Å². The Morgan fingerprint density at radius 1 is 1.27 bits per heavy atom. The first kappa shape index (κ1) is 13.0. The lowest BCUT2D eigenvalue weighted by molar-refractivity contribution is 0.274. The van der Waals surface area contributed by atoms with Crippen LogP contribution in [0.2, 0.25) is 0 Å². The molecule has 0 radical (unpaired) electrons. The SMILES string of the molecule is CC(C)CNCC(C)CN1CCC(C)C1. The van der Waals surface area contributed by atoms with E-state index in [2.05, 4.69) is 37.9 Å². The largest absolute Gasteiger partial charge is 0.316 e. The zero-order valence-corrected chi connectivity index (χ0v) is 10.9. The molecule has 1 aliphatic heterocycles. The Bertz CT molecular complexity index is 168. The maximum Gasteiger partial charge on any atom is 0.00193 e. The normalized spacial score (nSPS) is 25.0. The third kappa shape index (κ3) is 5.53. The fourth-order valence-corrected chi connectivity index (χ4v) is 2.32. The van der Waals surface area contributed by atoms with Crippen LogP contribution in [0.15, 0.2) is 0 Å². The van der Waals surface area contributed by atoms with Crippen molar-refractivity contribution in [2.45, 2.75) is 34.1 Å². The van der Waals surface area contributed by atoms with E-state index in [1.807, 2.05) is 0 Å². The van der Waals surface area contributed by atoms with Gasteiger partial charge in [0.25, 0.3) is 0 Å². The Morgan fingerprint density at radius 3 is 2.53 bits per heavy atom. The smallest absolute Gasteiger partial charge is 0.00193 e. The second-order valence-corrected chi connectivity index (χ2v) is 5.81. The molecule has 0 saturated carbocycles. The summed E-state index contributed by atoms with van der Waals surface area (Å²) in [5, 5.41) is 3.54. The van der Waals surface area contributed by atoms with Crippen LogP contribution in [0, 0.1) is 17.8 Å². The number of rotatable bonds is 6. The van der Waals surface area contributed by atoms with Gasteiger partial charge in [0.05, 0.1) is 0 Å². The summed E-state index contributed by atoms with van der Waals surface area (Å²) in [6.45, 7) is 15.5. The fourth-order valence-electron chi connectivity index (χ4n) is 2.32. The summed E-state index contributed by atoms with van der Waals surface area (Å²) < 4.78 is 0. The molecule has 1 fully saturated rings. The van der Waals surface area contributed by atoms with E-state index in [0.29, 0.717) is 0 Å². The minimum Gasteiger partial charge on any atom is -0.316 e. The highest BCUT2D eigenvalue weighted by Gasteiger charge is 2.19. The second-order valence-electron chi connectivity index (χ2n) is 5.81. The van der Waals surface area contributed by atoms with Gasteiger partial charge in [-0.25, -0.2) is 0 Å². The van der Waals surface area contributed by atoms with E-state index in [9.17, 15) is 0 Å². The van der Waals surface area contributed by atoms with Crippen LogP contribution in [0.25, 0.3) is 0 Å². The van der Waals surface area contributed by atoms with Crippen molar-refractivity contribution >= 4 is 0 Å². The summed E-state index contributed by atoms with van der Waals surface area (Å²) in [4.78, 5) is 2.62. The summed E-state index contributed by atoms with van der Waals surface area (Å²) in [7, 11) is 0. The zero-order chi connectivity index (χ0) is 11.3. The van der Waals surface area contributed by atoms with Crippen LogP contribution < -0.4 is 5.32 Å². The molecule has 0 aromatic carbocycles. The molecule has 0 aromatic heterocycles. The molecule has 0 amide bonds. The molecule has 15 heavy (non-hydrogen) atoms. The van der Waals surface area contributed by atoms with Gasteiger partial charge in [0.1, 0.15) is 0 Å². The molecule has 0 aromatic rings. The standard InChI is InChI=1S/C13H28N2/c1-11(2)7-14-8-13(4)10-15-6-5-12(3)9-15/h11-14H,5-10H2,1-4H3. The van der Waals surface area contributed by atoms with Crippen molar-refractivity contribution in [2.24, 2.45) is 17.8 Å². The third-order valence-electron chi connectivity index (χ3n) is 3.12.